The number of ether oxygens (including phenoxy) is 1. The Hall–Kier alpha value is -2.08. The van der Waals surface area contributed by atoms with Crippen LogP contribution in [0.15, 0.2) is 30.6 Å². The monoisotopic (exact) mass is 288 g/mol. The molecule has 0 atom stereocenters. The third kappa shape index (κ3) is 3.16. The van der Waals surface area contributed by atoms with Gasteiger partial charge in [0.1, 0.15) is 5.65 Å². The molecule has 1 aliphatic rings. The van der Waals surface area contributed by atoms with Crippen molar-refractivity contribution < 1.29 is 9.53 Å². The van der Waals surface area contributed by atoms with Crippen molar-refractivity contribution in [3.05, 3.63) is 36.3 Å². The van der Waals surface area contributed by atoms with Crippen molar-refractivity contribution in [1.29, 1.82) is 0 Å². The average molecular weight is 288 g/mol. The second-order valence-electron chi connectivity index (χ2n) is 5.31. The summed E-state index contributed by atoms with van der Waals surface area (Å²) < 4.78 is 6.77. The van der Waals surface area contributed by atoms with Gasteiger partial charge in [-0.3, -0.25) is 0 Å². The third-order valence-electron chi connectivity index (χ3n) is 3.91. The van der Waals surface area contributed by atoms with Crippen LogP contribution in [0.2, 0.25) is 0 Å². The zero-order valence-electron chi connectivity index (χ0n) is 12.2. The zero-order chi connectivity index (χ0) is 14.7. The molecule has 1 amide bonds. The van der Waals surface area contributed by atoms with Crippen molar-refractivity contribution in [3.63, 3.8) is 0 Å². The molecule has 6 nitrogen and oxygen atoms in total. The molecule has 1 fully saturated rings. The van der Waals surface area contributed by atoms with Gasteiger partial charge in [0.15, 0.2) is 0 Å². The largest absolute Gasteiger partial charge is 0.453 e. The van der Waals surface area contributed by atoms with Crippen molar-refractivity contribution in [3.8, 4) is 0 Å². The molecule has 0 saturated carbocycles. The van der Waals surface area contributed by atoms with Crippen LogP contribution in [0.25, 0.3) is 5.65 Å². The fourth-order valence-corrected chi connectivity index (χ4v) is 2.72. The first-order chi connectivity index (χ1) is 10.3. The predicted octanol–water partition coefficient (Wildman–Crippen LogP) is 1.65. The second kappa shape index (κ2) is 6.13. The minimum Gasteiger partial charge on any atom is -0.453 e. The minimum atomic E-state index is -0.228. The van der Waals surface area contributed by atoms with E-state index < -0.39 is 0 Å². The number of carbonyl (C=O) groups is 1. The Morgan fingerprint density at radius 2 is 2.24 bits per heavy atom. The van der Waals surface area contributed by atoms with Gasteiger partial charge in [0.2, 0.25) is 0 Å². The van der Waals surface area contributed by atoms with Gasteiger partial charge in [0, 0.05) is 38.1 Å². The van der Waals surface area contributed by atoms with E-state index >= 15 is 0 Å². The van der Waals surface area contributed by atoms with Gasteiger partial charge < -0.3 is 19.4 Å². The van der Waals surface area contributed by atoms with Crippen molar-refractivity contribution in [2.45, 2.75) is 25.4 Å². The lowest BCUT2D eigenvalue weighted by molar-refractivity contribution is 0.109. The third-order valence-corrected chi connectivity index (χ3v) is 3.91. The summed E-state index contributed by atoms with van der Waals surface area (Å²) >= 11 is 0. The molecule has 21 heavy (non-hydrogen) atoms. The average Bonchev–Trinajstić information content (AvgIpc) is 2.95. The Kier molecular flexibility index (Phi) is 4.06. The van der Waals surface area contributed by atoms with Crippen molar-refractivity contribution in [2.24, 2.45) is 0 Å². The number of piperidine rings is 1. The second-order valence-corrected chi connectivity index (χ2v) is 5.31. The van der Waals surface area contributed by atoms with E-state index in [9.17, 15) is 4.79 Å². The molecule has 0 aromatic carbocycles. The maximum absolute atomic E-state index is 11.4. The number of fused-ring (bicyclic) bond motifs is 1. The SMILES string of the molecule is COC(=O)N1CCC(NCc2cn3ccccc3n2)CC1. The number of hydrogen-bond donors (Lipinski definition) is 1. The lowest BCUT2D eigenvalue weighted by atomic mass is 10.1. The highest BCUT2D eigenvalue weighted by atomic mass is 16.5. The van der Waals surface area contributed by atoms with E-state index in [0.717, 1.165) is 43.8 Å². The Bertz CT molecular complexity index is 584. The van der Waals surface area contributed by atoms with E-state index in [-0.39, 0.29) is 6.09 Å². The smallest absolute Gasteiger partial charge is 0.409 e. The first kappa shape index (κ1) is 13.9. The Balaban J connectivity index is 1.51. The fourth-order valence-electron chi connectivity index (χ4n) is 2.72. The molecule has 2 aromatic rings. The van der Waals surface area contributed by atoms with Crippen LogP contribution < -0.4 is 5.32 Å². The van der Waals surface area contributed by atoms with Gasteiger partial charge in [-0.05, 0) is 25.0 Å². The van der Waals surface area contributed by atoms with Gasteiger partial charge >= 0.3 is 6.09 Å². The van der Waals surface area contributed by atoms with Crippen LogP contribution >= 0.6 is 0 Å². The number of methoxy groups -OCH3 is 1. The van der Waals surface area contributed by atoms with Crippen LogP contribution in [0.4, 0.5) is 4.79 Å². The number of nitrogens with one attached hydrogen (secondary N) is 1. The summed E-state index contributed by atoms with van der Waals surface area (Å²) in [5.74, 6) is 0. The maximum atomic E-state index is 11.4. The highest BCUT2D eigenvalue weighted by molar-refractivity contribution is 5.67. The van der Waals surface area contributed by atoms with E-state index in [1.165, 1.54) is 7.11 Å². The van der Waals surface area contributed by atoms with E-state index in [1.807, 2.05) is 35.0 Å². The minimum absolute atomic E-state index is 0.228. The number of aromatic nitrogens is 2. The summed E-state index contributed by atoms with van der Waals surface area (Å²) in [6.45, 7) is 2.25. The van der Waals surface area contributed by atoms with Gasteiger partial charge in [0.05, 0.1) is 12.8 Å². The molecule has 2 aromatic heterocycles. The number of likely N-dealkylation sites (tertiary alicyclic amines) is 1. The van der Waals surface area contributed by atoms with Gasteiger partial charge in [-0.1, -0.05) is 6.07 Å². The summed E-state index contributed by atoms with van der Waals surface area (Å²) in [6, 6.07) is 6.41. The number of carbonyl (C=O) groups excluding carboxylic acids is 1. The van der Waals surface area contributed by atoms with Crippen LogP contribution in [-0.2, 0) is 11.3 Å². The normalized spacial score (nSPS) is 16.3. The number of imidazole rings is 1. The molecule has 1 saturated heterocycles. The molecule has 3 rings (SSSR count). The molecular weight excluding hydrogens is 268 g/mol. The Morgan fingerprint density at radius 3 is 2.95 bits per heavy atom. The lowest BCUT2D eigenvalue weighted by Crippen LogP contribution is -2.44. The molecule has 112 valence electrons. The van der Waals surface area contributed by atoms with Crippen molar-refractivity contribution >= 4 is 11.7 Å². The summed E-state index contributed by atoms with van der Waals surface area (Å²) in [4.78, 5) is 17.7. The quantitative estimate of drug-likeness (QED) is 0.933. The highest BCUT2D eigenvalue weighted by Crippen LogP contribution is 2.12. The summed E-state index contributed by atoms with van der Waals surface area (Å²) in [7, 11) is 1.43. The summed E-state index contributed by atoms with van der Waals surface area (Å²) in [5, 5.41) is 3.52. The molecule has 0 radical (unpaired) electrons. The number of pyridine rings is 1. The first-order valence-corrected chi connectivity index (χ1v) is 7.25. The Labute approximate surface area is 123 Å². The predicted molar refractivity (Wildman–Crippen MR) is 79.0 cm³/mol. The van der Waals surface area contributed by atoms with Crippen LogP contribution in [0.1, 0.15) is 18.5 Å². The van der Waals surface area contributed by atoms with Gasteiger partial charge in [-0.25, -0.2) is 9.78 Å². The van der Waals surface area contributed by atoms with E-state index in [2.05, 4.69) is 10.3 Å². The maximum Gasteiger partial charge on any atom is 0.409 e. The number of hydrogen-bond acceptors (Lipinski definition) is 4. The molecule has 1 N–H and O–H groups in total. The number of rotatable bonds is 3. The van der Waals surface area contributed by atoms with E-state index in [0.29, 0.717) is 6.04 Å². The highest BCUT2D eigenvalue weighted by Gasteiger charge is 2.22. The van der Waals surface area contributed by atoms with Crippen molar-refractivity contribution in [2.75, 3.05) is 20.2 Å². The van der Waals surface area contributed by atoms with E-state index in [4.69, 9.17) is 4.74 Å². The number of amides is 1. The molecule has 6 heteroatoms. The van der Waals surface area contributed by atoms with Crippen LogP contribution in [0.5, 0.6) is 0 Å². The molecular formula is C15H20N4O2. The van der Waals surface area contributed by atoms with Gasteiger partial charge in [-0.15, -0.1) is 0 Å². The molecule has 0 unspecified atom stereocenters. The van der Waals surface area contributed by atoms with Crippen molar-refractivity contribution in [1.82, 2.24) is 19.6 Å². The topological polar surface area (TPSA) is 58.9 Å². The molecule has 1 aliphatic heterocycles. The van der Waals surface area contributed by atoms with Crippen LogP contribution in [0, 0.1) is 0 Å². The lowest BCUT2D eigenvalue weighted by Gasteiger charge is -2.31. The first-order valence-electron chi connectivity index (χ1n) is 7.25. The van der Waals surface area contributed by atoms with Crippen LogP contribution in [0.3, 0.4) is 0 Å². The summed E-state index contributed by atoms with van der Waals surface area (Å²) in [6.07, 6.45) is 5.71. The zero-order valence-corrected chi connectivity index (χ0v) is 12.2. The van der Waals surface area contributed by atoms with Gasteiger partial charge in [0.25, 0.3) is 0 Å². The molecule has 0 spiro atoms. The molecule has 3 heterocycles. The fraction of sp³-hybridized carbons (Fsp3) is 0.467. The molecule has 0 aliphatic carbocycles. The van der Waals surface area contributed by atoms with Gasteiger partial charge in [-0.2, -0.15) is 0 Å². The Morgan fingerprint density at radius 1 is 1.43 bits per heavy atom. The van der Waals surface area contributed by atoms with Crippen LogP contribution in [-0.4, -0.2) is 46.6 Å². The number of nitrogens with zero attached hydrogens (tertiary/aromatic N) is 3. The standard InChI is InChI=1S/C15H20N4O2/c1-21-15(20)18-8-5-12(6-9-18)16-10-13-11-19-7-3-2-4-14(19)17-13/h2-4,7,11-12,16H,5-6,8-10H2,1H3. The molecule has 0 bridgehead atoms. The van der Waals surface area contributed by atoms with E-state index in [1.54, 1.807) is 4.90 Å². The summed E-state index contributed by atoms with van der Waals surface area (Å²) in [5.41, 5.74) is 2.01.